The number of imide groups is 1. The Kier molecular flexibility index (Phi) is 4.33. The number of carbonyl (C=O) groups is 4. The maximum atomic E-state index is 11.5. The van der Waals surface area contributed by atoms with E-state index in [2.05, 4.69) is 0 Å². The molecular weight excluding hydrogens is 228 g/mol. The van der Waals surface area contributed by atoms with Gasteiger partial charge in [0.25, 0.3) is 0 Å². The highest BCUT2D eigenvalue weighted by Gasteiger charge is 2.38. The Morgan fingerprint density at radius 1 is 1.47 bits per heavy atom. The van der Waals surface area contributed by atoms with E-state index in [0.717, 1.165) is 10.0 Å². The van der Waals surface area contributed by atoms with Gasteiger partial charge in [0.15, 0.2) is 0 Å². The monoisotopic (exact) mass is 242 g/mol. The number of hydrogen-bond acceptors (Lipinski definition) is 5. The van der Waals surface area contributed by atoms with Crippen molar-refractivity contribution in [1.82, 2.24) is 10.0 Å². The van der Waals surface area contributed by atoms with Crippen LogP contribution in [0.3, 0.4) is 0 Å². The molecule has 0 aliphatic carbocycles. The normalized spacial score (nSPS) is 17.6. The van der Waals surface area contributed by atoms with Gasteiger partial charge in [0.2, 0.25) is 11.8 Å². The lowest BCUT2D eigenvalue weighted by molar-refractivity contribution is -0.168. The summed E-state index contributed by atoms with van der Waals surface area (Å²) in [5, 5.41) is 11.0. The van der Waals surface area contributed by atoms with Gasteiger partial charge in [-0.25, -0.2) is 5.01 Å². The molecule has 1 unspecified atom stereocenters. The molecule has 1 rings (SSSR count). The highest BCUT2D eigenvalue weighted by Crippen LogP contribution is 2.18. The lowest BCUT2D eigenvalue weighted by Crippen LogP contribution is -2.54. The third-order valence-corrected chi connectivity index (χ3v) is 2.57. The Labute approximate surface area is 97.9 Å². The minimum atomic E-state index is -1.23. The third kappa shape index (κ3) is 2.68. The summed E-state index contributed by atoms with van der Waals surface area (Å²) in [7, 11) is 0. The van der Waals surface area contributed by atoms with Crippen molar-refractivity contribution in [3.63, 3.8) is 0 Å². The van der Waals surface area contributed by atoms with Crippen molar-refractivity contribution in [3.8, 4) is 0 Å². The number of rotatable bonds is 6. The first-order valence-corrected chi connectivity index (χ1v) is 5.31. The van der Waals surface area contributed by atoms with Crippen LogP contribution in [0.4, 0.5) is 0 Å². The highest BCUT2D eigenvalue weighted by molar-refractivity contribution is 6.01. The molecule has 0 spiro atoms. The van der Waals surface area contributed by atoms with Crippen LogP contribution in [0.5, 0.6) is 0 Å². The van der Waals surface area contributed by atoms with E-state index in [9.17, 15) is 19.2 Å². The summed E-state index contributed by atoms with van der Waals surface area (Å²) < 4.78 is 0. The van der Waals surface area contributed by atoms with Gasteiger partial charge in [-0.3, -0.25) is 14.4 Å². The van der Waals surface area contributed by atoms with Gasteiger partial charge < -0.3 is 9.90 Å². The molecule has 1 aliphatic heterocycles. The molecule has 1 atom stereocenters. The summed E-state index contributed by atoms with van der Waals surface area (Å²) in [6, 6.07) is -1.18. The summed E-state index contributed by atoms with van der Waals surface area (Å²) in [6.45, 7) is 1.79. The van der Waals surface area contributed by atoms with Crippen molar-refractivity contribution in [2.45, 2.75) is 32.2 Å². The second-order valence-electron chi connectivity index (χ2n) is 3.61. The molecule has 7 nitrogen and oxygen atoms in total. The summed E-state index contributed by atoms with van der Waals surface area (Å²) in [4.78, 5) is 44.4. The number of amides is 2. The highest BCUT2D eigenvalue weighted by atomic mass is 16.4. The van der Waals surface area contributed by atoms with E-state index in [4.69, 9.17) is 5.11 Å². The largest absolute Gasteiger partial charge is 0.480 e. The van der Waals surface area contributed by atoms with E-state index >= 15 is 0 Å². The number of carboxylic acids is 1. The van der Waals surface area contributed by atoms with E-state index in [-0.39, 0.29) is 25.8 Å². The number of hydrogen-bond donors (Lipinski definition) is 1. The predicted octanol–water partition coefficient (Wildman–Crippen LogP) is -0.586. The Bertz CT molecular complexity index is 339. The van der Waals surface area contributed by atoms with Crippen LogP contribution in [-0.4, -0.2) is 51.8 Å². The van der Waals surface area contributed by atoms with Crippen LogP contribution in [-0.2, 0) is 19.2 Å². The van der Waals surface area contributed by atoms with E-state index in [0.29, 0.717) is 6.29 Å². The van der Waals surface area contributed by atoms with Crippen LogP contribution in [0.15, 0.2) is 0 Å². The number of likely N-dealkylation sites (N-methyl/N-ethyl adjacent to an activating group) is 1. The van der Waals surface area contributed by atoms with Crippen LogP contribution in [0, 0.1) is 0 Å². The lowest BCUT2D eigenvalue weighted by Gasteiger charge is -2.32. The van der Waals surface area contributed by atoms with Gasteiger partial charge in [0.1, 0.15) is 12.3 Å². The zero-order chi connectivity index (χ0) is 13.0. The van der Waals surface area contributed by atoms with E-state index < -0.39 is 23.8 Å². The topological polar surface area (TPSA) is 95.0 Å². The molecule has 0 saturated carbocycles. The van der Waals surface area contributed by atoms with Gasteiger partial charge in [-0.1, -0.05) is 6.92 Å². The van der Waals surface area contributed by atoms with Crippen LogP contribution in [0.25, 0.3) is 0 Å². The zero-order valence-electron chi connectivity index (χ0n) is 9.46. The zero-order valence-corrected chi connectivity index (χ0v) is 9.46. The maximum Gasteiger partial charge on any atom is 0.323 e. The van der Waals surface area contributed by atoms with Crippen molar-refractivity contribution in [1.29, 1.82) is 0 Å². The first-order chi connectivity index (χ1) is 8.02. The average molecular weight is 242 g/mol. The minimum Gasteiger partial charge on any atom is -0.480 e. The summed E-state index contributed by atoms with van der Waals surface area (Å²) in [5.74, 6) is -2.07. The molecule has 17 heavy (non-hydrogen) atoms. The fourth-order valence-corrected chi connectivity index (χ4v) is 1.79. The van der Waals surface area contributed by atoms with E-state index in [1.54, 1.807) is 6.92 Å². The fraction of sp³-hybridized carbons (Fsp3) is 0.600. The van der Waals surface area contributed by atoms with Gasteiger partial charge >= 0.3 is 5.97 Å². The molecule has 1 aliphatic rings. The molecule has 0 aromatic heterocycles. The Morgan fingerprint density at radius 2 is 2.00 bits per heavy atom. The van der Waals surface area contributed by atoms with E-state index in [1.807, 2.05) is 0 Å². The van der Waals surface area contributed by atoms with Crippen LogP contribution < -0.4 is 0 Å². The van der Waals surface area contributed by atoms with Crippen molar-refractivity contribution in [3.05, 3.63) is 0 Å². The van der Waals surface area contributed by atoms with Gasteiger partial charge in [0, 0.05) is 25.8 Å². The van der Waals surface area contributed by atoms with E-state index in [1.165, 1.54) is 0 Å². The molecule has 94 valence electrons. The van der Waals surface area contributed by atoms with Crippen LogP contribution in [0.2, 0.25) is 0 Å². The third-order valence-electron chi connectivity index (χ3n) is 2.57. The summed E-state index contributed by atoms with van der Waals surface area (Å²) in [5.41, 5.74) is 0. The standard InChI is InChI=1S/C10H14N2O5/c1-2-11(7(5-6-13)10(16)17)12-8(14)3-4-9(12)15/h6-7H,2-5H2,1H3,(H,16,17). The first-order valence-electron chi connectivity index (χ1n) is 5.31. The van der Waals surface area contributed by atoms with Crippen molar-refractivity contribution >= 4 is 24.1 Å². The summed E-state index contributed by atoms with van der Waals surface area (Å²) in [6.07, 6.45) is 0.373. The second-order valence-corrected chi connectivity index (χ2v) is 3.61. The molecule has 0 radical (unpaired) electrons. The molecular formula is C10H14N2O5. The minimum absolute atomic E-state index is 0.0861. The predicted molar refractivity (Wildman–Crippen MR) is 55.6 cm³/mol. The van der Waals surface area contributed by atoms with Gasteiger partial charge in [-0.05, 0) is 0 Å². The van der Waals surface area contributed by atoms with Crippen LogP contribution in [0.1, 0.15) is 26.2 Å². The maximum absolute atomic E-state index is 11.5. The number of nitrogens with zero attached hydrogens (tertiary/aromatic N) is 2. The van der Waals surface area contributed by atoms with Gasteiger partial charge in [0.05, 0.1) is 0 Å². The Balaban J connectivity index is 2.95. The Morgan fingerprint density at radius 3 is 2.35 bits per heavy atom. The first kappa shape index (κ1) is 13.3. The number of aliphatic carboxylic acids is 1. The molecule has 1 heterocycles. The number of carboxylic acid groups (broad SMARTS) is 1. The second kappa shape index (κ2) is 5.53. The quantitative estimate of drug-likeness (QED) is 0.494. The SMILES string of the molecule is CCN(C(CC=O)C(=O)O)N1C(=O)CCC1=O. The Hall–Kier alpha value is -1.76. The molecule has 1 saturated heterocycles. The number of aldehydes is 1. The summed E-state index contributed by atoms with van der Waals surface area (Å²) >= 11 is 0. The number of carbonyl (C=O) groups excluding carboxylic acids is 3. The molecule has 0 aromatic rings. The van der Waals surface area contributed by atoms with Gasteiger partial charge in [-0.15, -0.1) is 0 Å². The molecule has 1 fully saturated rings. The molecule has 2 amide bonds. The van der Waals surface area contributed by atoms with Crippen molar-refractivity contribution in [2.24, 2.45) is 0 Å². The van der Waals surface area contributed by atoms with Gasteiger partial charge in [-0.2, -0.15) is 5.01 Å². The molecule has 1 N–H and O–H groups in total. The number of hydrazine groups is 1. The van der Waals surface area contributed by atoms with Crippen LogP contribution >= 0.6 is 0 Å². The van der Waals surface area contributed by atoms with Crippen molar-refractivity contribution in [2.75, 3.05) is 6.54 Å². The van der Waals surface area contributed by atoms with Crippen molar-refractivity contribution < 1.29 is 24.3 Å². The fourth-order valence-electron chi connectivity index (χ4n) is 1.79. The molecule has 7 heteroatoms. The average Bonchev–Trinajstić information content (AvgIpc) is 2.60. The smallest absolute Gasteiger partial charge is 0.323 e. The molecule has 0 aromatic carbocycles. The molecule has 0 bridgehead atoms. The lowest BCUT2D eigenvalue weighted by atomic mass is 10.2.